The molecule has 6 nitrogen and oxygen atoms in total. The van der Waals surface area contributed by atoms with Gasteiger partial charge in [-0.25, -0.2) is 13.2 Å². The third kappa shape index (κ3) is 2.52. The molecule has 2 rings (SSSR count). The topological polar surface area (TPSA) is 90.5 Å². The van der Waals surface area contributed by atoms with Crippen molar-refractivity contribution in [1.82, 2.24) is 4.98 Å². The zero-order chi connectivity index (χ0) is 15.8. The van der Waals surface area contributed by atoms with E-state index in [-0.39, 0.29) is 16.2 Å². The van der Waals surface area contributed by atoms with E-state index in [4.69, 9.17) is 5.11 Å². The highest BCUT2D eigenvalue weighted by Crippen LogP contribution is 2.28. The molecule has 21 heavy (non-hydrogen) atoms. The first-order valence-corrected chi connectivity index (χ1v) is 7.67. The van der Waals surface area contributed by atoms with Crippen molar-refractivity contribution in [2.75, 3.05) is 11.4 Å². The molecule has 1 heterocycles. The molecule has 2 N–H and O–H groups in total. The smallest absolute Gasteiger partial charge is 0.352 e. The number of carboxylic acid groups (broad SMARTS) is 1. The number of aromatic amines is 1. The highest BCUT2D eigenvalue weighted by Gasteiger charge is 2.29. The summed E-state index contributed by atoms with van der Waals surface area (Å²) in [5.41, 5.74) is 0.928. The number of rotatable bonds is 4. The van der Waals surface area contributed by atoms with Crippen molar-refractivity contribution in [2.24, 2.45) is 0 Å². The molecule has 7 heteroatoms. The third-order valence-corrected chi connectivity index (χ3v) is 5.38. The van der Waals surface area contributed by atoms with Gasteiger partial charge in [0.15, 0.2) is 0 Å². The fourth-order valence-electron chi connectivity index (χ4n) is 2.25. The van der Waals surface area contributed by atoms with Crippen molar-refractivity contribution in [3.8, 4) is 0 Å². The molecule has 0 bridgehead atoms. The van der Waals surface area contributed by atoms with E-state index in [1.165, 1.54) is 14.0 Å². The zero-order valence-electron chi connectivity index (χ0n) is 11.9. The van der Waals surface area contributed by atoms with Gasteiger partial charge in [-0.1, -0.05) is 18.2 Å². The van der Waals surface area contributed by atoms with Gasteiger partial charge < -0.3 is 10.1 Å². The summed E-state index contributed by atoms with van der Waals surface area (Å²) in [7, 11) is -2.39. The summed E-state index contributed by atoms with van der Waals surface area (Å²) in [6.45, 7) is 3.03. The van der Waals surface area contributed by atoms with Crippen LogP contribution >= 0.6 is 0 Å². The Morgan fingerprint density at radius 2 is 1.76 bits per heavy atom. The normalized spacial score (nSPS) is 11.4. The molecule has 0 amide bonds. The second-order valence-corrected chi connectivity index (χ2v) is 6.60. The van der Waals surface area contributed by atoms with Crippen LogP contribution in [0.4, 0.5) is 5.69 Å². The van der Waals surface area contributed by atoms with Crippen molar-refractivity contribution >= 4 is 21.7 Å². The number of nitrogens with zero attached hydrogens (tertiary/aromatic N) is 1. The summed E-state index contributed by atoms with van der Waals surface area (Å²) < 4.78 is 26.6. The van der Waals surface area contributed by atoms with Crippen LogP contribution in [0.15, 0.2) is 35.2 Å². The van der Waals surface area contributed by atoms with E-state index in [9.17, 15) is 13.2 Å². The van der Waals surface area contributed by atoms with E-state index in [2.05, 4.69) is 4.98 Å². The number of benzene rings is 1. The Balaban J connectivity index is 2.58. The number of para-hydroxylation sites is 1. The first kappa shape index (κ1) is 15.1. The van der Waals surface area contributed by atoms with Gasteiger partial charge in [-0.15, -0.1) is 0 Å². The maximum absolute atomic E-state index is 12.7. The molecular formula is C14H16N2O4S. The average Bonchev–Trinajstić information content (AvgIpc) is 2.74. The van der Waals surface area contributed by atoms with E-state index >= 15 is 0 Å². The van der Waals surface area contributed by atoms with Gasteiger partial charge in [0.1, 0.15) is 10.6 Å². The molecule has 0 radical (unpaired) electrons. The Hall–Kier alpha value is -2.28. The Kier molecular flexibility index (Phi) is 3.78. The number of aromatic carboxylic acids is 1. The van der Waals surface area contributed by atoms with E-state index < -0.39 is 16.0 Å². The average molecular weight is 308 g/mol. The second kappa shape index (κ2) is 5.25. The Labute approximate surface area is 123 Å². The molecule has 0 fully saturated rings. The van der Waals surface area contributed by atoms with Gasteiger partial charge in [0, 0.05) is 18.3 Å². The van der Waals surface area contributed by atoms with E-state index in [1.807, 2.05) is 0 Å². The molecule has 0 atom stereocenters. The second-order valence-electron chi connectivity index (χ2n) is 4.69. The number of carboxylic acids is 1. The summed E-state index contributed by atoms with van der Waals surface area (Å²) in [5.74, 6) is -1.18. The predicted molar refractivity (Wildman–Crippen MR) is 79.3 cm³/mol. The fourth-order valence-corrected chi connectivity index (χ4v) is 3.85. The lowest BCUT2D eigenvalue weighted by Gasteiger charge is -2.19. The number of hydrogen-bond donors (Lipinski definition) is 2. The minimum absolute atomic E-state index is 0.00579. The minimum Gasteiger partial charge on any atom is -0.477 e. The van der Waals surface area contributed by atoms with Crippen LogP contribution in [0.25, 0.3) is 0 Å². The van der Waals surface area contributed by atoms with Crippen molar-refractivity contribution in [2.45, 2.75) is 18.7 Å². The first-order valence-electron chi connectivity index (χ1n) is 6.23. The molecule has 0 aliphatic rings. The fraction of sp³-hybridized carbons (Fsp3) is 0.214. The van der Waals surface area contributed by atoms with Crippen LogP contribution in [0.1, 0.15) is 21.7 Å². The number of nitrogens with one attached hydrogen (secondary N) is 1. The van der Waals surface area contributed by atoms with Crippen LogP contribution in [0.2, 0.25) is 0 Å². The number of H-pyrrole nitrogens is 1. The quantitative estimate of drug-likeness (QED) is 0.905. The monoisotopic (exact) mass is 308 g/mol. The molecule has 0 aliphatic heterocycles. The van der Waals surface area contributed by atoms with E-state index in [0.29, 0.717) is 11.4 Å². The van der Waals surface area contributed by atoms with Crippen LogP contribution in [0, 0.1) is 13.8 Å². The standard InChI is InChI=1S/C14H16N2O4S/c1-9-12(14(17)18)15-10(2)13(9)21(19,20)16(3)11-7-5-4-6-8-11/h4-8,15H,1-3H3,(H,17,18). The lowest BCUT2D eigenvalue weighted by Crippen LogP contribution is -2.27. The SMILES string of the molecule is Cc1[nH]c(C(=O)O)c(C)c1S(=O)(=O)N(C)c1ccccc1. The van der Waals surface area contributed by atoms with Crippen LogP contribution in [-0.4, -0.2) is 31.5 Å². The summed E-state index contributed by atoms with van der Waals surface area (Å²) in [6.07, 6.45) is 0. The van der Waals surface area contributed by atoms with Crippen molar-refractivity contribution in [3.05, 3.63) is 47.3 Å². The van der Waals surface area contributed by atoms with E-state index in [1.54, 1.807) is 37.3 Å². The number of aromatic nitrogens is 1. The maximum atomic E-state index is 12.7. The summed E-state index contributed by atoms with van der Waals surface area (Å²) in [4.78, 5) is 13.7. The number of aryl methyl sites for hydroxylation is 1. The Morgan fingerprint density at radius 3 is 2.24 bits per heavy atom. The largest absolute Gasteiger partial charge is 0.477 e. The number of sulfonamides is 1. The lowest BCUT2D eigenvalue weighted by atomic mass is 10.2. The molecule has 1 aromatic heterocycles. The molecule has 2 aromatic rings. The lowest BCUT2D eigenvalue weighted by molar-refractivity contribution is 0.0690. The maximum Gasteiger partial charge on any atom is 0.352 e. The van der Waals surface area contributed by atoms with Crippen LogP contribution in [-0.2, 0) is 10.0 Å². The van der Waals surface area contributed by atoms with Gasteiger partial charge in [0.2, 0.25) is 0 Å². The van der Waals surface area contributed by atoms with Gasteiger partial charge in [-0.3, -0.25) is 4.31 Å². The van der Waals surface area contributed by atoms with Crippen LogP contribution in [0.5, 0.6) is 0 Å². The number of anilines is 1. The summed E-state index contributed by atoms with van der Waals surface area (Å²) in [5, 5.41) is 9.09. The van der Waals surface area contributed by atoms with Crippen molar-refractivity contribution in [1.29, 1.82) is 0 Å². The highest BCUT2D eigenvalue weighted by atomic mass is 32.2. The number of hydrogen-bond acceptors (Lipinski definition) is 3. The first-order chi connectivity index (χ1) is 9.76. The van der Waals surface area contributed by atoms with Gasteiger partial charge in [0.25, 0.3) is 10.0 Å². The predicted octanol–water partition coefficient (Wildman–Crippen LogP) is 2.15. The third-order valence-electron chi connectivity index (χ3n) is 3.32. The van der Waals surface area contributed by atoms with Crippen molar-refractivity contribution < 1.29 is 18.3 Å². The van der Waals surface area contributed by atoms with Gasteiger partial charge >= 0.3 is 5.97 Å². The highest BCUT2D eigenvalue weighted by molar-refractivity contribution is 7.92. The Morgan fingerprint density at radius 1 is 1.19 bits per heavy atom. The van der Waals surface area contributed by atoms with E-state index in [0.717, 1.165) is 4.31 Å². The molecular weight excluding hydrogens is 292 g/mol. The molecule has 112 valence electrons. The van der Waals surface area contributed by atoms with Gasteiger partial charge in [-0.05, 0) is 26.0 Å². The summed E-state index contributed by atoms with van der Waals surface area (Å²) in [6, 6.07) is 8.61. The number of carbonyl (C=O) groups is 1. The van der Waals surface area contributed by atoms with Gasteiger partial charge in [-0.2, -0.15) is 0 Å². The van der Waals surface area contributed by atoms with Gasteiger partial charge in [0.05, 0.1) is 5.69 Å². The molecule has 0 aliphatic carbocycles. The van der Waals surface area contributed by atoms with Crippen LogP contribution in [0.3, 0.4) is 0 Å². The Bertz CT molecular complexity index is 779. The molecule has 1 aromatic carbocycles. The zero-order valence-corrected chi connectivity index (χ0v) is 12.7. The van der Waals surface area contributed by atoms with Crippen LogP contribution < -0.4 is 4.31 Å². The minimum atomic E-state index is -3.83. The molecule has 0 saturated heterocycles. The summed E-state index contributed by atoms with van der Waals surface area (Å²) >= 11 is 0. The molecule has 0 unspecified atom stereocenters. The van der Waals surface area contributed by atoms with Crippen molar-refractivity contribution in [3.63, 3.8) is 0 Å². The molecule has 0 spiro atoms. The molecule has 0 saturated carbocycles.